The third kappa shape index (κ3) is 0.761. The third-order valence-electron chi connectivity index (χ3n) is 4.62. The van der Waals surface area contributed by atoms with E-state index in [2.05, 4.69) is 6.92 Å². The van der Waals surface area contributed by atoms with Crippen LogP contribution in [0.1, 0.15) is 39.0 Å². The van der Waals surface area contributed by atoms with E-state index in [1.165, 1.54) is 23.7 Å². The van der Waals surface area contributed by atoms with Crippen LogP contribution in [0.25, 0.3) is 0 Å². The Hall–Kier alpha value is 0. The van der Waals surface area contributed by atoms with Crippen LogP contribution in [0.3, 0.4) is 0 Å². The van der Waals surface area contributed by atoms with Crippen LogP contribution in [0.15, 0.2) is 0 Å². The smallest absolute Gasteiger partial charge is 0.0352 e. The zero-order valence-electron chi connectivity index (χ0n) is 7.42. The fraction of sp³-hybridized carbons (Fsp3) is 1.00. The van der Waals surface area contributed by atoms with Gasteiger partial charge in [0.1, 0.15) is 0 Å². The van der Waals surface area contributed by atoms with Crippen molar-refractivity contribution in [1.29, 1.82) is 0 Å². The van der Waals surface area contributed by atoms with E-state index in [0.29, 0.717) is 0 Å². The summed E-state index contributed by atoms with van der Waals surface area (Å²) in [5.74, 6) is 5.78. The van der Waals surface area contributed by atoms with Crippen molar-refractivity contribution in [3.05, 3.63) is 0 Å². The molecule has 0 heterocycles. The molecule has 0 spiro atoms. The second-order valence-electron chi connectivity index (χ2n) is 5.24. The lowest BCUT2D eigenvalue weighted by molar-refractivity contribution is 0.189. The molecule has 5 atom stereocenters. The van der Waals surface area contributed by atoms with Gasteiger partial charge in [0.15, 0.2) is 0 Å². The van der Waals surface area contributed by atoms with Crippen LogP contribution >= 0.6 is 0 Å². The van der Waals surface area contributed by atoms with E-state index in [1.54, 1.807) is 32.1 Å². The van der Waals surface area contributed by atoms with Crippen molar-refractivity contribution < 1.29 is 0 Å². The van der Waals surface area contributed by atoms with Gasteiger partial charge in [0, 0.05) is 0 Å². The Morgan fingerprint density at radius 1 is 0.818 bits per heavy atom. The van der Waals surface area contributed by atoms with E-state index in [-0.39, 0.29) is 0 Å². The van der Waals surface area contributed by atoms with Crippen molar-refractivity contribution in [3.8, 4) is 0 Å². The zero-order chi connectivity index (χ0) is 7.42. The molecule has 0 saturated heterocycles. The molecule has 3 aliphatic rings. The molecular weight excluding hydrogens is 132 g/mol. The minimum Gasteiger partial charge on any atom is -0.0625 e. The summed E-state index contributed by atoms with van der Waals surface area (Å²) in [6.45, 7) is 2.46. The highest BCUT2D eigenvalue weighted by Crippen LogP contribution is 2.59. The van der Waals surface area contributed by atoms with E-state index < -0.39 is 0 Å². The molecular formula is C11H18. The molecule has 0 heteroatoms. The molecule has 0 aromatic rings. The molecule has 0 radical (unpaired) electrons. The van der Waals surface area contributed by atoms with Crippen LogP contribution in [0, 0.1) is 29.6 Å². The molecule has 0 amide bonds. The van der Waals surface area contributed by atoms with Crippen molar-refractivity contribution in [2.75, 3.05) is 0 Å². The van der Waals surface area contributed by atoms with Gasteiger partial charge in [0.25, 0.3) is 0 Å². The van der Waals surface area contributed by atoms with Gasteiger partial charge in [-0.05, 0) is 61.7 Å². The van der Waals surface area contributed by atoms with E-state index >= 15 is 0 Å². The largest absolute Gasteiger partial charge is 0.0625 e. The maximum absolute atomic E-state index is 2.46. The molecule has 0 N–H and O–H groups in total. The molecule has 3 fully saturated rings. The predicted octanol–water partition coefficient (Wildman–Crippen LogP) is 3.08. The summed E-state index contributed by atoms with van der Waals surface area (Å²) in [5, 5.41) is 0. The molecule has 62 valence electrons. The maximum atomic E-state index is 2.46. The second-order valence-corrected chi connectivity index (χ2v) is 5.24. The standard InChI is InChI=1S/C11H18/c1-7-4-9-6-8-2-3-10(9)11(8)5-7/h7-11H,2-6H2,1H3. The van der Waals surface area contributed by atoms with E-state index in [0.717, 1.165) is 5.92 Å². The highest BCUT2D eigenvalue weighted by atomic mass is 14.6. The van der Waals surface area contributed by atoms with Gasteiger partial charge < -0.3 is 0 Å². The Morgan fingerprint density at radius 3 is 2.55 bits per heavy atom. The van der Waals surface area contributed by atoms with Gasteiger partial charge in [0.2, 0.25) is 0 Å². The lowest BCUT2D eigenvalue weighted by atomic mass is 9.74. The molecule has 11 heavy (non-hydrogen) atoms. The lowest BCUT2D eigenvalue weighted by Gasteiger charge is -2.31. The highest BCUT2D eigenvalue weighted by molar-refractivity contribution is 5.00. The number of hydrogen-bond donors (Lipinski definition) is 0. The Bertz CT molecular complexity index is 171. The summed E-state index contributed by atoms with van der Waals surface area (Å²) in [5.41, 5.74) is 0. The zero-order valence-corrected chi connectivity index (χ0v) is 7.42. The predicted molar refractivity (Wildman–Crippen MR) is 46.2 cm³/mol. The van der Waals surface area contributed by atoms with Crippen molar-refractivity contribution >= 4 is 0 Å². The molecule has 0 nitrogen and oxygen atoms in total. The van der Waals surface area contributed by atoms with E-state index in [1.807, 2.05) is 0 Å². The molecule has 3 saturated carbocycles. The van der Waals surface area contributed by atoms with Gasteiger partial charge in [-0.3, -0.25) is 0 Å². The first-order chi connectivity index (χ1) is 5.34. The van der Waals surface area contributed by atoms with Crippen molar-refractivity contribution in [1.82, 2.24) is 0 Å². The van der Waals surface area contributed by atoms with Gasteiger partial charge in [-0.2, -0.15) is 0 Å². The second kappa shape index (κ2) is 2.02. The average Bonchev–Trinajstić information content (AvgIpc) is 2.43. The van der Waals surface area contributed by atoms with Crippen LogP contribution in [-0.4, -0.2) is 0 Å². The Morgan fingerprint density at radius 2 is 1.73 bits per heavy atom. The fourth-order valence-corrected chi connectivity index (χ4v) is 4.34. The van der Waals surface area contributed by atoms with E-state index in [9.17, 15) is 0 Å². The molecule has 0 aliphatic heterocycles. The summed E-state index contributed by atoms with van der Waals surface area (Å²) < 4.78 is 0. The minimum absolute atomic E-state index is 1.06. The van der Waals surface area contributed by atoms with Crippen molar-refractivity contribution in [3.63, 3.8) is 0 Å². The van der Waals surface area contributed by atoms with Crippen LogP contribution in [0.4, 0.5) is 0 Å². The maximum Gasteiger partial charge on any atom is -0.0352 e. The highest BCUT2D eigenvalue weighted by Gasteiger charge is 2.50. The Labute approximate surface area is 69.4 Å². The summed E-state index contributed by atoms with van der Waals surface area (Å²) in [6.07, 6.45) is 7.93. The molecule has 3 rings (SSSR count). The first kappa shape index (κ1) is 6.51. The average molecular weight is 150 g/mol. The first-order valence-electron chi connectivity index (χ1n) is 5.34. The quantitative estimate of drug-likeness (QED) is 0.498. The van der Waals surface area contributed by atoms with Crippen molar-refractivity contribution in [2.45, 2.75) is 39.0 Å². The minimum atomic E-state index is 1.06. The summed E-state index contributed by atoms with van der Waals surface area (Å²) in [4.78, 5) is 0. The normalized spacial score (nSPS) is 60.3. The van der Waals surface area contributed by atoms with Crippen molar-refractivity contribution in [2.24, 2.45) is 29.6 Å². The van der Waals surface area contributed by atoms with E-state index in [4.69, 9.17) is 0 Å². The van der Waals surface area contributed by atoms with Gasteiger partial charge in [-0.15, -0.1) is 0 Å². The summed E-state index contributed by atoms with van der Waals surface area (Å²) in [6, 6.07) is 0. The lowest BCUT2D eigenvalue weighted by Crippen LogP contribution is -2.22. The summed E-state index contributed by atoms with van der Waals surface area (Å²) >= 11 is 0. The summed E-state index contributed by atoms with van der Waals surface area (Å²) in [7, 11) is 0. The van der Waals surface area contributed by atoms with Gasteiger partial charge in [-0.25, -0.2) is 0 Å². The molecule has 0 aromatic heterocycles. The Kier molecular flexibility index (Phi) is 1.20. The van der Waals surface area contributed by atoms with Crippen LogP contribution in [-0.2, 0) is 0 Å². The van der Waals surface area contributed by atoms with Gasteiger partial charge >= 0.3 is 0 Å². The van der Waals surface area contributed by atoms with Crippen LogP contribution in [0.5, 0.6) is 0 Å². The van der Waals surface area contributed by atoms with Gasteiger partial charge in [0.05, 0.1) is 0 Å². The SMILES string of the molecule is CC1CC2CC3CCC2C3C1. The molecule has 5 unspecified atom stereocenters. The van der Waals surface area contributed by atoms with Crippen LogP contribution < -0.4 is 0 Å². The molecule has 3 aliphatic carbocycles. The van der Waals surface area contributed by atoms with Gasteiger partial charge in [-0.1, -0.05) is 6.92 Å². The fourth-order valence-electron chi connectivity index (χ4n) is 4.34. The number of rotatable bonds is 0. The topological polar surface area (TPSA) is 0 Å². The Balaban J connectivity index is 1.90. The number of hydrogen-bond acceptors (Lipinski definition) is 0. The monoisotopic (exact) mass is 150 g/mol. The molecule has 4 bridgehead atoms. The van der Waals surface area contributed by atoms with Crippen LogP contribution in [0.2, 0.25) is 0 Å². The molecule has 0 aromatic carbocycles. The third-order valence-corrected chi connectivity index (χ3v) is 4.62. The first-order valence-corrected chi connectivity index (χ1v) is 5.34.